The van der Waals surface area contributed by atoms with Crippen LogP contribution in [-0.4, -0.2) is 15.9 Å². The lowest BCUT2D eigenvalue weighted by atomic mass is 10.0. The first-order chi connectivity index (χ1) is 10.8. The Labute approximate surface area is 127 Å². The standard InChI is InChI=1S/C17H14N4O/c18-19-16(13-9-5-2-6-10-13)14-11-15(20-21-17(14)22)12-7-3-1-4-8-12/h1-11H,18H2,(H,21,22)/b19-16+. The van der Waals surface area contributed by atoms with Crippen molar-refractivity contribution >= 4 is 5.71 Å². The fraction of sp³-hybridized carbons (Fsp3) is 0. The zero-order chi connectivity index (χ0) is 15.4. The Hall–Kier alpha value is -3.21. The summed E-state index contributed by atoms with van der Waals surface area (Å²) in [6.45, 7) is 0. The molecule has 0 radical (unpaired) electrons. The highest BCUT2D eigenvalue weighted by molar-refractivity contribution is 6.12. The van der Waals surface area contributed by atoms with Crippen molar-refractivity contribution in [3.8, 4) is 11.3 Å². The summed E-state index contributed by atoms with van der Waals surface area (Å²) in [5.74, 6) is 5.51. The minimum atomic E-state index is -0.326. The Morgan fingerprint density at radius 2 is 1.64 bits per heavy atom. The lowest BCUT2D eigenvalue weighted by molar-refractivity contribution is 0.989. The summed E-state index contributed by atoms with van der Waals surface area (Å²) >= 11 is 0. The Balaban J connectivity index is 2.13. The number of nitrogens with one attached hydrogen (secondary N) is 1. The minimum absolute atomic E-state index is 0.326. The van der Waals surface area contributed by atoms with Gasteiger partial charge in [-0.15, -0.1) is 0 Å². The Morgan fingerprint density at radius 3 is 2.27 bits per heavy atom. The molecule has 0 bridgehead atoms. The predicted octanol–water partition coefficient (Wildman–Crippen LogP) is 2.15. The van der Waals surface area contributed by atoms with Gasteiger partial charge in [-0.1, -0.05) is 60.7 Å². The summed E-state index contributed by atoms with van der Waals surface area (Å²) in [6, 6.07) is 20.6. The molecule has 0 spiro atoms. The van der Waals surface area contributed by atoms with Crippen molar-refractivity contribution in [3.63, 3.8) is 0 Å². The largest absolute Gasteiger partial charge is 0.323 e. The molecule has 2 aromatic carbocycles. The maximum absolute atomic E-state index is 12.1. The van der Waals surface area contributed by atoms with Gasteiger partial charge in [0, 0.05) is 11.1 Å². The van der Waals surface area contributed by atoms with Crippen molar-refractivity contribution in [2.24, 2.45) is 10.9 Å². The van der Waals surface area contributed by atoms with E-state index < -0.39 is 0 Å². The van der Waals surface area contributed by atoms with Crippen molar-refractivity contribution < 1.29 is 0 Å². The third-order valence-electron chi connectivity index (χ3n) is 3.30. The molecule has 0 saturated heterocycles. The molecule has 1 heterocycles. The van der Waals surface area contributed by atoms with E-state index in [9.17, 15) is 4.79 Å². The molecule has 108 valence electrons. The molecule has 0 aliphatic carbocycles. The van der Waals surface area contributed by atoms with Crippen LogP contribution in [0.4, 0.5) is 0 Å². The maximum atomic E-state index is 12.1. The van der Waals surface area contributed by atoms with E-state index in [0.717, 1.165) is 11.1 Å². The zero-order valence-corrected chi connectivity index (χ0v) is 11.7. The number of hydrazone groups is 1. The van der Waals surface area contributed by atoms with Crippen LogP contribution >= 0.6 is 0 Å². The van der Waals surface area contributed by atoms with E-state index in [0.29, 0.717) is 17.0 Å². The molecule has 0 aliphatic rings. The molecule has 0 atom stereocenters. The van der Waals surface area contributed by atoms with Gasteiger partial charge in [0.05, 0.1) is 11.3 Å². The fourth-order valence-corrected chi connectivity index (χ4v) is 2.23. The minimum Gasteiger partial charge on any atom is -0.323 e. The molecule has 1 aromatic heterocycles. The molecule has 3 rings (SSSR count). The fourth-order valence-electron chi connectivity index (χ4n) is 2.23. The maximum Gasteiger partial charge on any atom is 0.273 e. The number of aromatic amines is 1. The molecule has 22 heavy (non-hydrogen) atoms. The molecule has 0 saturated carbocycles. The average Bonchev–Trinajstić information content (AvgIpc) is 2.59. The molecule has 0 unspecified atom stereocenters. The van der Waals surface area contributed by atoms with Crippen LogP contribution in [0.25, 0.3) is 11.3 Å². The number of nitrogens with two attached hydrogens (primary N) is 1. The topological polar surface area (TPSA) is 84.1 Å². The van der Waals surface area contributed by atoms with Crippen LogP contribution in [0.2, 0.25) is 0 Å². The Kier molecular flexibility index (Phi) is 3.78. The summed E-state index contributed by atoms with van der Waals surface area (Å²) in [5, 5.41) is 10.4. The molecule has 0 aliphatic heterocycles. The second-order valence-electron chi connectivity index (χ2n) is 4.71. The van der Waals surface area contributed by atoms with Crippen molar-refractivity contribution in [2.45, 2.75) is 0 Å². The molecule has 5 heteroatoms. The zero-order valence-electron chi connectivity index (χ0n) is 11.7. The highest BCUT2D eigenvalue weighted by Crippen LogP contribution is 2.16. The lowest BCUT2D eigenvalue weighted by Crippen LogP contribution is -2.21. The van der Waals surface area contributed by atoms with Crippen LogP contribution in [0.3, 0.4) is 0 Å². The van der Waals surface area contributed by atoms with Gasteiger partial charge in [-0.3, -0.25) is 4.79 Å². The molecule has 3 N–H and O–H groups in total. The quantitative estimate of drug-likeness (QED) is 0.440. The second kappa shape index (κ2) is 6.05. The number of nitrogens with zero attached hydrogens (tertiary/aromatic N) is 2. The summed E-state index contributed by atoms with van der Waals surface area (Å²) < 4.78 is 0. The van der Waals surface area contributed by atoms with Gasteiger partial charge in [-0.25, -0.2) is 5.10 Å². The summed E-state index contributed by atoms with van der Waals surface area (Å²) in [5.41, 5.74) is 2.84. The molecular weight excluding hydrogens is 276 g/mol. The summed E-state index contributed by atoms with van der Waals surface area (Å²) in [7, 11) is 0. The van der Waals surface area contributed by atoms with Crippen LogP contribution in [0.1, 0.15) is 11.1 Å². The molecule has 0 fully saturated rings. The number of rotatable bonds is 3. The van der Waals surface area contributed by atoms with Gasteiger partial charge in [0.15, 0.2) is 0 Å². The van der Waals surface area contributed by atoms with Crippen LogP contribution in [0.5, 0.6) is 0 Å². The highest BCUT2D eigenvalue weighted by atomic mass is 16.1. The SMILES string of the molecule is N/N=C(\c1ccccc1)c1cc(-c2ccccc2)n[nH]c1=O. The Bertz CT molecular complexity index is 855. The molecular formula is C17H14N4O. The van der Waals surface area contributed by atoms with E-state index in [1.54, 1.807) is 6.07 Å². The monoisotopic (exact) mass is 290 g/mol. The number of aromatic nitrogens is 2. The average molecular weight is 290 g/mol. The van der Waals surface area contributed by atoms with Gasteiger partial charge in [0.1, 0.15) is 5.71 Å². The van der Waals surface area contributed by atoms with E-state index in [4.69, 9.17) is 5.84 Å². The van der Waals surface area contributed by atoms with Crippen LogP contribution in [0, 0.1) is 0 Å². The molecule has 3 aromatic rings. The van der Waals surface area contributed by atoms with Crippen LogP contribution in [0.15, 0.2) is 76.6 Å². The number of hydrogen-bond acceptors (Lipinski definition) is 4. The third kappa shape index (κ3) is 2.64. The highest BCUT2D eigenvalue weighted by Gasteiger charge is 2.13. The smallest absolute Gasteiger partial charge is 0.273 e. The third-order valence-corrected chi connectivity index (χ3v) is 3.30. The van der Waals surface area contributed by atoms with E-state index >= 15 is 0 Å². The van der Waals surface area contributed by atoms with Gasteiger partial charge in [0.25, 0.3) is 5.56 Å². The van der Waals surface area contributed by atoms with Crippen LogP contribution in [-0.2, 0) is 0 Å². The van der Waals surface area contributed by atoms with Crippen molar-refractivity contribution in [1.29, 1.82) is 0 Å². The van der Waals surface area contributed by atoms with Crippen LogP contribution < -0.4 is 11.4 Å². The van der Waals surface area contributed by atoms with Crippen molar-refractivity contribution in [3.05, 3.63) is 88.2 Å². The van der Waals surface area contributed by atoms with E-state index in [1.165, 1.54) is 0 Å². The first-order valence-corrected chi connectivity index (χ1v) is 6.78. The van der Waals surface area contributed by atoms with E-state index in [-0.39, 0.29) is 5.56 Å². The normalized spacial score (nSPS) is 11.4. The molecule has 5 nitrogen and oxygen atoms in total. The summed E-state index contributed by atoms with van der Waals surface area (Å²) in [6.07, 6.45) is 0. The van der Waals surface area contributed by atoms with Gasteiger partial charge >= 0.3 is 0 Å². The first kappa shape index (κ1) is 13.8. The van der Waals surface area contributed by atoms with Gasteiger partial charge in [-0.2, -0.15) is 10.2 Å². The lowest BCUT2D eigenvalue weighted by Gasteiger charge is -2.06. The second-order valence-corrected chi connectivity index (χ2v) is 4.71. The first-order valence-electron chi connectivity index (χ1n) is 6.78. The van der Waals surface area contributed by atoms with E-state index in [2.05, 4.69) is 15.3 Å². The molecule has 0 amide bonds. The number of benzene rings is 2. The Morgan fingerprint density at radius 1 is 1.00 bits per heavy atom. The van der Waals surface area contributed by atoms with Crippen molar-refractivity contribution in [2.75, 3.05) is 0 Å². The number of hydrogen-bond donors (Lipinski definition) is 2. The van der Waals surface area contributed by atoms with E-state index in [1.807, 2.05) is 60.7 Å². The summed E-state index contributed by atoms with van der Waals surface area (Å²) in [4.78, 5) is 12.1. The number of H-pyrrole nitrogens is 1. The van der Waals surface area contributed by atoms with Crippen molar-refractivity contribution in [1.82, 2.24) is 10.2 Å². The van der Waals surface area contributed by atoms with Gasteiger partial charge in [-0.05, 0) is 6.07 Å². The predicted molar refractivity (Wildman–Crippen MR) is 86.6 cm³/mol. The van der Waals surface area contributed by atoms with Gasteiger partial charge < -0.3 is 5.84 Å². The van der Waals surface area contributed by atoms with Gasteiger partial charge in [0.2, 0.25) is 0 Å².